The van der Waals surface area contributed by atoms with Crippen molar-refractivity contribution in [2.45, 2.75) is 31.4 Å². The van der Waals surface area contributed by atoms with Gasteiger partial charge in [0.25, 0.3) is 5.92 Å². The lowest BCUT2D eigenvalue weighted by Crippen LogP contribution is -2.21. The fraction of sp³-hybridized carbons (Fsp3) is 0.240. The standard InChI is InChI=1S/C25H18Cl2F5N3O/c1-4-24(28,29)13-10-15(26)20(16(27)11-13)17-9-12(2)19-21(25(30,31)32)34-22(35-23(19)33-17)14-7-5-6-8-18(14)36-3/h4-8,10-12H,1,9H2,2-3H3. The normalized spacial score (nSPS) is 15.8. The molecule has 0 N–H and O–H groups in total. The predicted molar refractivity (Wildman–Crippen MR) is 129 cm³/mol. The topological polar surface area (TPSA) is 47.4 Å². The van der Waals surface area contributed by atoms with Crippen molar-refractivity contribution in [2.24, 2.45) is 4.99 Å². The number of allylic oxidation sites excluding steroid dienone is 1. The molecule has 188 valence electrons. The Labute approximate surface area is 213 Å². The Bertz CT molecular complexity index is 1370. The lowest BCUT2D eigenvalue weighted by atomic mass is 9.88. The third-order valence-corrected chi connectivity index (χ3v) is 6.34. The van der Waals surface area contributed by atoms with Crippen molar-refractivity contribution in [3.63, 3.8) is 0 Å². The summed E-state index contributed by atoms with van der Waals surface area (Å²) in [4.78, 5) is 12.5. The van der Waals surface area contributed by atoms with Crippen LogP contribution < -0.4 is 4.74 Å². The highest BCUT2D eigenvalue weighted by Crippen LogP contribution is 2.45. The minimum Gasteiger partial charge on any atom is -0.496 e. The largest absolute Gasteiger partial charge is 0.496 e. The Hall–Kier alpha value is -3.04. The highest BCUT2D eigenvalue weighted by atomic mass is 35.5. The Morgan fingerprint density at radius 2 is 1.69 bits per heavy atom. The number of alkyl halides is 5. The molecular formula is C25H18Cl2F5N3O. The predicted octanol–water partition coefficient (Wildman–Crippen LogP) is 8.38. The number of fused-ring (bicyclic) bond motifs is 1. The summed E-state index contributed by atoms with van der Waals surface area (Å²) in [7, 11) is 1.38. The van der Waals surface area contributed by atoms with Gasteiger partial charge in [-0.05, 0) is 42.7 Å². The zero-order valence-electron chi connectivity index (χ0n) is 18.9. The first-order chi connectivity index (χ1) is 16.9. The molecule has 0 spiro atoms. The molecule has 1 aliphatic rings. The first-order valence-electron chi connectivity index (χ1n) is 10.6. The smallest absolute Gasteiger partial charge is 0.433 e. The van der Waals surface area contributed by atoms with E-state index in [4.69, 9.17) is 27.9 Å². The fourth-order valence-corrected chi connectivity index (χ4v) is 4.75. The van der Waals surface area contributed by atoms with Crippen molar-refractivity contribution in [3.05, 3.63) is 81.5 Å². The monoisotopic (exact) mass is 541 g/mol. The molecule has 0 saturated carbocycles. The molecule has 0 aliphatic carbocycles. The van der Waals surface area contributed by atoms with Crippen LogP contribution in [0.2, 0.25) is 10.0 Å². The van der Waals surface area contributed by atoms with Gasteiger partial charge in [0.05, 0.1) is 28.4 Å². The molecule has 0 saturated heterocycles. The van der Waals surface area contributed by atoms with Gasteiger partial charge < -0.3 is 4.74 Å². The van der Waals surface area contributed by atoms with Gasteiger partial charge in [-0.2, -0.15) is 22.0 Å². The van der Waals surface area contributed by atoms with E-state index in [1.807, 2.05) is 0 Å². The second-order valence-electron chi connectivity index (χ2n) is 8.14. The second-order valence-corrected chi connectivity index (χ2v) is 8.95. The van der Waals surface area contributed by atoms with Gasteiger partial charge >= 0.3 is 6.18 Å². The van der Waals surface area contributed by atoms with Gasteiger partial charge in [0, 0.05) is 16.7 Å². The van der Waals surface area contributed by atoms with E-state index in [-0.39, 0.29) is 56.3 Å². The molecule has 1 aliphatic heterocycles. The minimum absolute atomic E-state index is 0.00405. The van der Waals surface area contributed by atoms with Crippen LogP contribution in [0.25, 0.3) is 11.4 Å². The van der Waals surface area contributed by atoms with E-state index >= 15 is 0 Å². The van der Waals surface area contributed by atoms with Crippen LogP contribution in [0.5, 0.6) is 5.75 Å². The van der Waals surface area contributed by atoms with Gasteiger partial charge in [-0.15, -0.1) is 0 Å². The van der Waals surface area contributed by atoms with Crippen LogP contribution in [0, 0.1) is 0 Å². The van der Waals surface area contributed by atoms with Crippen LogP contribution in [0.15, 0.2) is 54.0 Å². The van der Waals surface area contributed by atoms with E-state index < -0.39 is 29.3 Å². The number of methoxy groups -OCH3 is 1. The zero-order valence-corrected chi connectivity index (χ0v) is 20.4. The third kappa shape index (κ3) is 4.69. The highest BCUT2D eigenvalue weighted by molar-refractivity contribution is 6.40. The molecular weight excluding hydrogens is 524 g/mol. The van der Waals surface area contributed by atoms with Gasteiger partial charge in [-0.25, -0.2) is 15.0 Å². The van der Waals surface area contributed by atoms with E-state index in [0.29, 0.717) is 6.08 Å². The lowest BCUT2D eigenvalue weighted by Gasteiger charge is -2.26. The van der Waals surface area contributed by atoms with Crippen molar-refractivity contribution < 1.29 is 26.7 Å². The van der Waals surface area contributed by atoms with Crippen LogP contribution in [0.4, 0.5) is 27.8 Å². The molecule has 3 aromatic rings. The Morgan fingerprint density at radius 3 is 2.28 bits per heavy atom. The first-order valence-corrected chi connectivity index (χ1v) is 11.3. The summed E-state index contributed by atoms with van der Waals surface area (Å²) in [6.45, 7) is 4.68. The highest BCUT2D eigenvalue weighted by Gasteiger charge is 2.41. The van der Waals surface area contributed by atoms with E-state index in [1.165, 1.54) is 13.2 Å². The van der Waals surface area contributed by atoms with Gasteiger partial charge in [0.15, 0.2) is 17.3 Å². The van der Waals surface area contributed by atoms with Crippen LogP contribution >= 0.6 is 23.2 Å². The average Bonchev–Trinajstić information content (AvgIpc) is 2.82. The molecule has 1 unspecified atom stereocenters. The average molecular weight is 542 g/mol. The van der Waals surface area contributed by atoms with E-state index in [1.54, 1.807) is 25.1 Å². The third-order valence-electron chi connectivity index (χ3n) is 5.75. The number of para-hydroxylation sites is 1. The number of benzene rings is 2. The number of aromatic nitrogens is 2. The molecule has 0 amide bonds. The summed E-state index contributed by atoms with van der Waals surface area (Å²) < 4.78 is 75.7. The van der Waals surface area contributed by atoms with Crippen molar-refractivity contribution in [3.8, 4) is 17.1 Å². The van der Waals surface area contributed by atoms with Crippen molar-refractivity contribution in [2.75, 3.05) is 7.11 Å². The minimum atomic E-state index is -4.78. The number of halogens is 7. The number of hydrogen-bond acceptors (Lipinski definition) is 4. The quantitative estimate of drug-likeness (QED) is 0.240. The number of ether oxygens (including phenoxy) is 1. The van der Waals surface area contributed by atoms with Crippen molar-refractivity contribution in [1.82, 2.24) is 9.97 Å². The summed E-state index contributed by atoms with van der Waals surface area (Å²) in [5.41, 5.74) is -1.15. The zero-order chi connectivity index (χ0) is 26.4. The summed E-state index contributed by atoms with van der Waals surface area (Å²) in [5, 5.41) is -0.244. The molecule has 0 radical (unpaired) electrons. The van der Waals surface area contributed by atoms with Gasteiger partial charge in [0.1, 0.15) is 5.75 Å². The van der Waals surface area contributed by atoms with Gasteiger partial charge in [-0.3, -0.25) is 0 Å². The maximum Gasteiger partial charge on any atom is 0.433 e. The van der Waals surface area contributed by atoms with Crippen LogP contribution in [0.1, 0.15) is 41.6 Å². The van der Waals surface area contributed by atoms with Crippen molar-refractivity contribution in [1.29, 1.82) is 0 Å². The van der Waals surface area contributed by atoms with Crippen LogP contribution in [0.3, 0.4) is 0 Å². The summed E-state index contributed by atoms with van der Waals surface area (Å²) in [6, 6.07) is 8.45. The first kappa shape index (κ1) is 26.0. The van der Waals surface area contributed by atoms with E-state index in [9.17, 15) is 22.0 Å². The number of aliphatic imine (C=N–C) groups is 1. The maximum absolute atomic E-state index is 14.1. The molecule has 2 aromatic carbocycles. The van der Waals surface area contributed by atoms with E-state index in [2.05, 4.69) is 21.5 Å². The second kappa shape index (κ2) is 9.44. The SMILES string of the molecule is C=CC(F)(F)c1cc(Cl)c(C2=Nc3nc(-c4ccccc4OC)nc(C(F)(F)F)c3C(C)C2)c(Cl)c1. The number of nitrogens with zero attached hydrogens (tertiary/aromatic N) is 3. The number of hydrogen-bond donors (Lipinski definition) is 0. The Morgan fingerprint density at radius 1 is 1.06 bits per heavy atom. The number of rotatable bonds is 5. The molecule has 36 heavy (non-hydrogen) atoms. The molecule has 4 nitrogen and oxygen atoms in total. The van der Waals surface area contributed by atoms with Crippen molar-refractivity contribution >= 4 is 34.7 Å². The Kier molecular flexibility index (Phi) is 6.83. The van der Waals surface area contributed by atoms with Crippen LogP contribution in [-0.4, -0.2) is 22.8 Å². The van der Waals surface area contributed by atoms with Gasteiger partial charge in [0.2, 0.25) is 0 Å². The Balaban J connectivity index is 1.95. The molecule has 4 rings (SSSR count). The van der Waals surface area contributed by atoms with Gasteiger partial charge in [-0.1, -0.05) is 48.8 Å². The molecule has 2 heterocycles. The summed E-state index contributed by atoms with van der Waals surface area (Å²) in [6.07, 6.45) is -4.32. The molecule has 1 aromatic heterocycles. The van der Waals surface area contributed by atoms with E-state index in [0.717, 1.165) is 12.1 Å². The van der Waals surface area contributed by atoms with Crippen LogP contribution in [-0.2, 0) is 12.1 Å². The molecule has 0 fully saturated rings. The molecule has 11 heteroatoms. The maximum atomic E-state index is 14.1. The molecule has 1 atom stereocenters. The summed E-state index contributed by atoms with van der Waals surface area (Å²) in [5.74, 6) is -4.26. The lowest BCUT2D eigenvalue weighted by molar-refractivity contribution is -0.142. The molecule has 0 bridgehead atoms. The summed E-state index contributed by atoms with van der Waals surface area (Å²) >= 11 is 12.6. The fourth-order valence-electron chi connectivity index (χ4n) is 4.05.